The van der Waals surface area contributed by atoms with E-state index in [-0.39, 0.29) is 5.41 Å². The molecule has 0 spiro atoms. The van der Waals surface area contributed by atoms with Gasteiger partial charge in [-0.15, -0.1) is 23.2 Å². The Kier molecular flexibility index (Phi) is 6.19. The first-order valence-electron chi connectivity index (χ1n) is 6.58. The minimum Gasteiger partial charge on any atom is -0.126 e. The zero-order valence-electron chi connectivity index (χ0n) is 11.2. The zero-order valence-corrected chi connectivity index (χ0v) is 14.8. The third kappa shape index (κ3) is 4.37. The maximum Gasteiger partial charge on any atom is 0.0297 e. The molecule has 0 radical (unpaired) electrons. The lowest BCUT2D eigenvalue weighted by atomic mass is 9.80. The quantitative estimate of drug-likeness (QED) is 0.426. The SMILES string of the molecule is ClCC(CCl)(Cc1ccccc1)Cc1ccc(I)cc1. The van der Waals surface area contributed by atoms with Crippen LogP contribution in [0, 0.1) is 8.99 Å². The van der Waals surface area contributed by atoms with Crippen LogP contribution in [-0.2, 0) is 12.8 Å². The summed E-state index contributed by atoms with van der Waals surface area (Å²) in [5, 5.41) is 0. The van der Waals surface area contributed by atoms with Crippen LogP contribution >= 0.6 is 45.8 Å². The van der Waals surface area contributed by atoms with Crippen LogP contribution in [0.25, 0.3) is 0 Å². The molecule has 2 aromatic rings. The van der Waals surface area contributed by atoms with Crippen molar-refractivity contribution < 1.29 is 0 Å². The maximum atomic E-state index is 6.27. The van der Waals surface area contributed by atoms with E-state index in [1.165, 1.54) is 14.7 Å². The van der Waals surface area contributed by atoms with Crippen LogP contribution in [0.4, 0.5) is 0 Å². The predicted molar refractivity (Wildman–Crippen MR) is 96.9 cm³/mol. The number of benzene rings is 2. The topological polar surface area (TPSA) is 0 Å². The Hall–Kier alpha value is -0.250. The van der Waals surface area contributed by atoms with Gasteiger partial charge in [0.2, 0.25) is 0 Å². The smallest absolute Gasteiger partial charge is 0.0297 e. The zero-order chi connectivity index (χ0) is 14.4. The second-order valence-electron chi connectivity index (χ2n) is 5.23. The molecule has 20 heavy (non-hydrogen) atoms. The number of hydrogen-bond donors (Lipinski definition) is 0. The van der Waals surface area contributed by atoms with E-state index in [0.717, 1.165) is 12.8 Å². The minimum absolute atomic E-state index is 0.0861. The fourth-order valence-electron chi connectivity index (χ4n) is 2.35. The fourth-order valence-corrected chi connectivity index (χ4v) is 3.37. The van der Waals surface area contributed by atoms with E-state index in [0.29, 0.717) is 11.8 Å². The monoisotopic (exact) mass is 418 g/mol. The van der Waals surface area contributed by atoms with Crippen molar-refractivity contribution in [2.45, 2.75) is 12.8 Å². The van der Waals surface area contributed by atoms with Gasteiger partial charge in [0.1, 0.15) is 0 Å². The first kappa shape index (κ1) is 16.1. The van der Waals surface area contributed by atoms with E-state index in [4.69, 9.17) is 23.2 Å². The number of rotatable bonds is 6. The van der Waals surface area contributed by atoms with Gasteiger partial charge in [-0.3, -0.25) is 0 Å². The highest BCUT2D eigenvalue weighted by molar-refractivity contribution is 14.1. The number of hydrogen-bond acceptors (Lipinski definition) is 0. The summed E-state index contributed by atoms with van der Waals surface area (Å²) in [4.78, 5) is 0. The van der Waals surface area contributed by atoms with Crippen LogP contribution < -0.4 is 0 Å². The van der Waals surface area contributed by atoms with Gasteiger partial charge in [0, 0.05) is 20.7 Å². The molecule has 0 amide bonds. The molecule has 0 aliphatic carbocycles. The average molecular weight is 419 g/mol. The molecule has 106 valence electrons. The molecule has 0 saturated heterocycles. The van der Waals surface area contributed by atoms with E-state index >= 15 is 0 Å². The molecule has 0 fully saturated rings. The number of halogens is 3. The molecule has 0 unspecified atom stereocenters. The van der Waals surface area contributed by atoms with Gasteiger partial charge < -0.3 is 0 Å². The summed E-state index contributed by atoms with van der Waals surface area (Å²) in [5.41, 5.74) is 2.50. The summed E-state index contributed by atoms with van der Waals surface area (Å²) in [5.74, 6) is 1.13. The Balaban J connectivity index is 2.18. The molecule has 0 heterocycles. The molecule has 2 rings (SSSR count). The van der Waals surface area contributed by atoms with Crippen LogP contribution in [0.5, 0.6) is 0 Å². The third-order valence-electron chi connectivity index (χ3n) is 3.48. The van der Waals surface area contributed by atoms with E-state index in [2.05, 4.69) is 71.1 Å². The molecule has 0 aliphatic rings. The van der Waals surface area contributed by atoms with Crippen LogP contribution in [0.1, 0.15) is 11.1 Å². The van der Waals surface area contributed by atoms with Gasteiger partial charge in [-0.25, -0.2) is 0 Å². The molecule has 0 saturated carbocycles. The Morgan fingerprint density at radius 2 is 1.25 bits per heavy atom. The Labute approximate surface area is 144 Å². The predicted octanol–water partition coefficient (Wildman–Crippen LogP) is 5.54. The standard InChI is InChI=1S/C17H17Cl2I/c18-12-17(13-19,10-14-4-2-1-3-5-14)11-15-6-8-16(20)9-7-15/h1-9H,10-13H2. The average Bonchev–Trinajstić information content (AvgIpc) is 2.50. The molecule has 0 N–H and O–H groups in total. The minimum atomic E-state index is -0.0861. The summed E-state index contributed by atoms with van der Waals surface area (Å²) >= 11 is 14.9. The molecular formula is C17H17Cl2I. The van der Waals surface area contributed by atoms with Crippen molar-refractivity contribution in [1.29, 1.82) is 0 Å². The fraction of sp³-hybridized carbons (Fsp3) is 0.294. The second-order valence-corrected chi connectivity index (χ2v) is 7.01. The van der Waals surface area contributed by atoms with Gasteiger partial charge in [-0.05, 0) is 58.7 Å². The highest BCUT2D eigenvalue weighted by atomic mass is 127. The first-order valence-corrected chi connectivity index (χ1v) is 8.72. The van der Waals surface area contributed by atoms with Crippen molar-refractivity contribution in [3.8, 4) is 0 Å². The first-order chi connectivity index (χ1) is 9.67. The van der Waals surface area contributed by atoms with Crippen LogP contribution in [-0.4, -0.2) is 11.8 Å². The number of alkyl halides is 2. The lowest BCUT2D eigenvalue weighted by Gasteiger charge is -2.30. The van der Waals surface area contributed by atoms with Gasteiger partial charge in [0.15, 0.2) is 0 Å². The Morgan fingerprint density at radius 1 is 0.750 bits per heavy atom. The largest absolute Gasteiger partial charge is 0.126 e. The van der Waals surface area contributed by atoms with E-state index < -0.39 is 0 Å². The molecule has 3 heteroatoms. The summed E-state index contributed by atoms with van der Waals surface area (Å²) in [6.45, 7) is 0. The maximum absolute atomic E-state index is 6.27. The van der Waals surface area contributed by atoms with Crippen molar-refractivity contribution in [1.82, 2.24) is 0 Å². The molecule has 0 atom stereocenters. The second kappa shape index (κ2) is 7.67. The molecule has 0 nitrogen and oxygen atoms in total. The van der Waals surface area contributed by atoms with Gasteiger partial charge in [-0.2, -0.15) is 0 Å². The summed E-state index contributed by atoms with van der Waals surface area (Å²) in [6, 6.07) is 19.0. The normalized spacial score (nSPS) is 11.6. The highest BCUT2D eigenvalue weighted by Crippen LogP contribution is 2.31. The van der Waals surface area contributed by atoms with E-state index in [1.54, 1.807) is 0 Å². The van der Waals surface area contributed by atoms with Gasteiger partial charge in [0.25, 0.3) is 0 Å². The molecule has 0 aromatic heterocycles. The summed E-state index contributed by atoms with van der Waals surface area (Å²) < 4.78 is 1.25. The Bertz CT molecular complexity index is 518. The Morgan fingerprint density at radius 3 is 1.75 bits per heavy atom. The third-order valence-corrected chi connectivity index (χ3v) is 5.33. The highest BCUT2D eigenvalue weighted by Gasteiger charge is 2.29. The lowest BCUT2D eigenvalue weighted by Crippen LogP contribution is -2.30. The molecule has 0 aliphatic heterocycles. The van der Waals surface area contributed by atoms with Crippen molar-refractivity contribution in [2.75, 3.05) is 11.8 Å². The van der Waals surface area contributed by atoms with Gasteiger partial charge in [0.05, 0.1) is 0 Å². The van der Waals surface area contributed by atoms with Crippen molar-refractivity contribution in [2.24, 2.45) is 5.41 Å². The van der Waals surface area contributed by atoms with E-state index in [9.17, 15) is 0 Å². The molecule has 2 aromatic carbocycles. The summed E-state index contributed by atoms with van der Waals surface area (Å²) in [6.07, 6.45) is 1.82. The molecular weight excluding hydrogens is 402 g/mol. The van der Waals surface area contributed by atoms with Gasteiger partial charge in [-0.1, -0.05) is 42.5 Å². The van der Waals surface area contributed by atoms with E-state index in [1.807, 2.05) is 6.07 Å². The molecule has 0 bridgehead atoms. The lowest BCUT2D eigenvalue weighted by molar-refractivity contribution is 0.374. The van der Waals surface area contributed by atoms with Crippen LogP contribution in [0.3, 0.4) is 0 Å². The van der Waals surface area contributed by atoms with Crippen LogP contribution in [0.2, 0.25) is 0 Å². The van der Waals surface area contributed by atoms with Gasteiger partial charge >= 0.3 is 0 Å². The summed E-state index contributed by atoms with van der Waals surface area (Å²) in [7, 11) is 0. The van der Waals surface area contributed by atoms with Crippen LogP contribution in [0.15, 0.2) is 54.6 Å². The van der Waals surface area contributed by atoms with Crippen molar-refractivity contribution >= 4 is 45.8 Å². The van der Waals surface area contributed by atoms with Crippen molar-refractivity contribution in [3.05, 3.63) is 69.3 Å². The van der Waals surface area contributed by atoms with Crippen molar-refractivity contribution in [3.63, 3.8) is 0 Å².